The SMILES string of the molecule is CC.CC.COc1ccc2nc(C(Cc3cccc(C)c3)NSc3cccc(N)c3)sc2c1. The van der Waals surface area contributed by atoms with Crippen molar-refractivity contribution in [3.05, 3.63) is 82.9 Å². The molecule has 4 nitrogen and oxygen atoms in total. The van der Waals surface area contributed by atoms with Gasteiger partial charge in [0.05, 0.1) is 23.4 Å². The first-order chi connectivity index (χ1) is 16.1. The highest BCUT2D eigenvalue weighted by atomic mass is 32.2. The number of anilines is 1. The number of nitrogen functional groups attached to an aromatic ring is 1. The molecule has 1 heterocycles. The zero-order valence-electron chi connectivity index (χ0n) is 20.4. The van der Waals surface area contributed by atoms with E-state index >= 15 is 0 Å². The molecule has 0 bridgehead atoms. The predicted octanol–water partition coefficient (Wildman–Crippen LogP) is 7.83. The molecule has 0 aliphatic carbocycles. The zero-order valence-corrected chi connectivity index (χ0v) is 22.0. The van der Waals surface area contributed by atoms with E-state index in [4.69, 9.17) is 15.5 Å². The summed E-state index contributed by atoms with van der Waals surface area (Å²) in [5, 5.41) is 1.06. The number of fused-ring (bicyclic) bond motifs is 1. The number of thiazole rings is 1. The normalized spacial score (nSPS) is 11.1. The second-order valence-corrected chi connectivity index (χ2v) is 8.90. The average molecular weight is 482 g/mol. The highest BCUT2D eigenvalue weighted by Crippen LogP contribution is 2.33. The van der Waals surface area contributed by atoms with Crippen LogP contribution in [0.1, 0.15) is 49.9 Å². The summed E-state index contributed by atoms with van der Waals surface area (Å²) in [6.07, 6.45) is 0.855. The Morgan fingerprint density at radius 2 is 1.76 bits per heavy atom. The van der Waals surface area contributed by atoms with Gasteiger partial charge < -0.3 is 10.5 Å². The highest BCUT2D eigenvalue weighted by Gasteiger charge is 2.18. The number of rotatable bonds is 7. The molecule has 33 heavy (non-hydrogen) atoms. The van der Waals surface area contributed by atoms with E-state index in [9.17, 15) is 0 Å². The number of aromatic nitrogens is 1. The van der Waals surface area contributed by atoms with Gasteiger partial charge in [0.2, 0.25) is 0 Å². The molecule has 0 spiro atoms. The van der Waals surface area contributed by atoms with Gasteiger partial charge in [0.1, 0.15) is 10.8 Å². The lowest BCUT2D eigenvalue weighted by Crippen LogP contribution is -2.17. The number of ether oxygens (including phenoxy) is 1. The van der Waals surface area contributed by atoms with Crippen molar-refractivity contribution in [1.29, 1.82) is 0 Å². The molecular formula is C27H35N3OS2. The maximum Gasteiger partial charge on any atom is 0.120 e. The summed E-state index contributed by atoms with van der Waals surface area (Å²) in [6.45, 7) is 10.1. The molecule has 0 fully saturated rings. The third kappa shape index (κ3) is 7.77. The minimum absolute atomic E-state index is 0.0756. The molecule has 0 saturated heterocycles. The van der Waals surface area contributed by atoms with E-state index in [1.807, 2.05) is 64.1 Å². The van der Waals surface area contributed by atoms with Gasteiger partial charge in [-0.3, -0.25) is 0 Å². The Labute approximate surface area is 206 Å². The fraction of sp³-hybridized carbons (Fsp3) is 0.296. The third-order valence-corrected chi connectivity index (χ3v) is 6.63. The largest absolute Gasteiger partial charge is 0.497 e. The molecule has 6 heteroatoms. The molecule has 176 valence electrons. The van der Waals surface area contributed by atoms with Crippen LogP contribution in [0.2, 0.25) is 0 Å². The minimum atomic E-state index is 0.0756. The van der Waals surface area contributed by atoms with Crippen LogP contribution in [0.25, 0.3) is 10.2 Å². The first-order valence-corrected chi connectivity index (χ1v) is 13.0. The quantitative estimate of drug-likeness (QED) is 0.208. The smallest absolute Gasteiger partial charge is 0.120 e. The molecule has 3 N–H and O–H groups in total. The van der Waals surface area contributed by atoms with Crippen LogP contribution >= 0.6 is 23.3 Å². The summed E-state index contributed by atoms with van der Waals surface area (Å²) >= 11 is 3.30. The van der Waals surface area contributed by atoms with Crippen LogP contribution in [0.3, 0.4) is 0 Å². The van der Waals surface area contributed by atoms with Gasteiger partial charge in [0, 0.05) is 10.6 Å². The molecule has 1 atom stereocenters. The third-order valence-electron chi connectivity index (χ3n) is 4.61. The number of aryl methyl sites for hydroxylation is 1. The summed E-state index contributed by atoms with van der Waals surface area (Å²) in [6, 6.07) is 22.6. The van der Waals surface area contributed by atoms with Crippen LogP contribution in [-0.2, 0) is 6.42 Å². The molecule has 0 saturated carbocycles. The predicted molar refractivity (Wildman–Crippen MR) is 146 cm³/mol. The molecule has 0 radical (unpaired) electrons. The molecule has 0 amide bonds. The number of benzene rings is 3. The maximum absolute atomic E-state index is 5.93. The number of nitrogens with one attached hydrogen (secondary N) is 1. The molecule has 0 aliphatic rings. The van der Waals surface area contributed by atoms with Crippen molar-refractivity contribution in [2.45, 2.75) is 52.0 Å². The van der Waals surface area contributed by atoms with Gasteiger partial charge in [-0.1, -0.05) is 63.6 Å². The summed E-state index contributed by atoms with van der Waals surface area (Å²) in [7, 11) is 1.69. The number of nitrogens with zero attached hydrogens (tertiary/aromatic N) is 1. The van der Waals surface area contributed by atoms with Gasteiger partial charge in [-0.05, 0) is 67.3 Å². The molecule has 4 rings (SSSR count). The molecule has 1 unspecified atom stereocenters. The lowest BCUT2D eigenvalue weighted by Gasteiger charge is -2.16. The summed E-state index contributed by atoms with van der Waals surface area (Å²) in [5.74, 6) is 0.852. The lowest BCUT2D eigenvalue weighted by molar-refractivity contribution is 0.415. The monoisotopic (exact) mass is 481 g/mol. The van der Waals surface area contributed by atoms with E-state index in [1.54, 1.807) is 30.4 Å². The van der Waals surface area contributed by atoms with Gasteiger partial charge >= 0.3 is 0 Å². The minimum Gasteiger partial charge on any atom is -0.497 e. The van der Waals surface area contributed by atoms with E-state index in [-0.39, 0.29) is 6.04 Å². The molecule has 1 aromatic heterocycles. The van der Waals surface area contributed by atoms with Crippen molar-refractivity contribution in [3.8, 4) is 5.75 Å². The first-order valence-electron chi connectivity index (χ1n) is 11.4. The average Bonchev–Trinajstić information content (AvgIpc) is 3.27. The van der Waals surface area contributed by atoms with Crippen LogP contribution in [0.4, 0.5) is 5.69 Å². The van der Waals surface area contributed by atoms with Gasteiger partial charge in [-0.2, -0.15) is 0 Å². The van der Waals surface area contributed by atoms with Gasteiger partial charge in [0.25, 0.3) is 0 Å². The van der Waals surface area contributed by atoms with E-state index in [0.29, 0.717) is 0 Å². The van der Waals surface area contributed by atoms with Crippen molar-refractivity contribution in [2.24, 2.45) is 0 Å². The van der Waals surface area contributed by atoms with Crippen molar-refractivity contribution in [2.75, 3.05) is 12.8 Å². The lowest BCUT2D eigenvalue weighted by atomic mass is 10.0. The first kappa shape index (κ1) is 26.7. The molecule has 0 aliphatic heterocycles. The Kier molecular flexibility index (Phi) is 11.2. The molecule has 3 aromatic carbocycles. The highest BCUT2D eigenvalue weighted by molar-refractivity contribution is 7.97. The maximum atomic E-state index is 5.93. The Bertz CT molecular complexity index is 1130. The standard InChI is InChI=1S/C23H23N3OS2.2C2H6/c1-15-5-3-6-16(11-15)12-21(26-29-19-8-4-7-17(24)13-19)23-25-20-10-9-18(27-2)14-22(20)28-23;2*1-2/h3-11,13-14,21,26H,12,24H2,1-2H3;2*1-2H3. The second-order valence-electron chi connectivity index (χ2n) is 6.92. The second kappa shape index (κ2) is 13.9. The van der Waals surface area contributed by atoms with Crippen LogP contribution in [0.15, 0.2) is 71.6 Å². The van der Waals surface area contributed by atoms with Crippen molar-refractivity contribution < 1.29 is 4.74 Å². The van der Waals surface area contributed by atoms with E-state index in [2.05, 4.69) is 42.0 Å². The summed E-state index contributed by atoms with van der Waals surface area (Å²) in [5.41, 5.74) is 10.2. The summed E-state index contributed by atoms with van der Waals surface area (Å²) in [4.78, 5) is 5.98. The van der Waals surface area contributed by atoms with Crippen LogP contribution in [0, 0.1) is 6.92 Å². The number of nitrogens with two attached hydrogens (primary N) is 1. The molecular weight excluding hydrogens is 446 g/mol. The van der Waals surface area contributed by atoms with Gasteiger partial charge in [0.15, 0.2) is 0 Å². The topological polar surface area (TPSA) is 60.2 Å². The van der Waals surface area contributed by atoms with E-state index in [1.165, 1.54) is 11.1 Å². The Morgan fingerprint density at radius 3 is 2.45 bits per heavy atom. The number of methoxy groups -OCH3 is 1. The van der Waals surface area contributed by atoms with E-state index < -0.39 is 0 Å². The van der Waals surface area contributed by atoms with Gasteiger partial charge in [-0.15, -0.1) is 11.3 Å². The summed E-state index contributed by atoms with van der Waals surface area (Å²) < 4.78 is 10.1. The van der Waals surface area contributed by atoms with E-state index in [0.717, 1.165) is 38.0 Å². The molecule has 4 aromatic rings. The fourth-order valence-corrected chi connectivity index (χ4v) is 5.11. The van der Waals surface area contributed by atoms with Crippen LogP contribution in [0.5, 0.6) is 5.75 Å². The Morgan fingerprint density at radius 1 is 1.00 bits per heavy atom. The Balaban J connectivity index is 0.000000914. The van der Waals surface area contributed by atoms with Crippen molar-refractivity contribution in [3.63, 3.8) is 0 Å². The zero-order chi connectivity index (χ0) is 24.2. The van der Waals surface area contributed by atoms with Crippen molar-refractivity contribution >= 4 is 39.2 Å². The fourth-order valence-electron chi connectivity index (χ4n) is 3.17. The van der Waals surface area contributed by atoms with Crippen LogP contribution < -0.4 is 15.2 Å². The van der Waals surface area contributed by atoms with Crippen molar-refractivity contribution in [1.82, 2.24) is 9.71 Å². The number of hydrogen-bond donors (Lipinski definition) is 2. The van der Waals surface area contributed by atoms with Crippen LogP contribution in [-0.4, -0.2) is 12.1 Å². The van der Waals surface area contributed by atoms with Gasteiger partial charge in [-0.25, -0.2) is 9.71 Å². The number of hydrogen-bond acceptors (Lipinski definition) is 6. The Hall–Kier alpha value is -2.54.